The van der Waals surface area contributed by atoms with Gasteiger partial charge in [0.1, 0.15) is 18.2 Å². The lowest BCUT2D eigenvalue weighted by atomic mass is 10.2. The van der Waals surface area contributed by atoms with Crippen molar-refractivity contribution in [2.24, 2.45) is 0 Å². The molecule has 0 spiro atoms. The van der Waals surface area contributed by atoms with Gasteiger partial charge in [-0.1, -0.05) is 66.7 Å². The van der Waals surface area contributed by atoms with Gasteiger partial charge in [-0.3, -0.25) is 48.2 Å². The van der Waals surface area contributed by atoms with Gasteiger partial charge in [0.25, 0.3) is 22.9 Å². The molecule has 7 heterocycles. The third-order valence-electron chi connectivity index (χ3n) is 11.9. The number of aromatic amines is 2. The number of ether oxygens (including phenoxy) is 1. The van der Waals surface area contributed by atoms with E-state index < -0.39 is 0 Å². The minimum absolute atomic E-state index is 0.0406. The number of hydrogen-bond acceptors (Lipinski definition) is 17. The predicted molar refractivity (Wildman–Crippen MR) is 322 cm³/mol. The maximum Gasteiger partial charge on any atom is 0.349 e. The van der Waals surface area contributed by atoms with Gasteiger partial charge in [-0.2, -0.15) is 24.9 Å². The van der Waals surface area contributed by atoms with Gasteiger partial charge < -0.3 is 30.7 Å². The first-order valence-corrected chi connectivity index (χ1v) is 26.6. The number of nitrogens with zero attached hydrogens (tertiary/aromatic N) is 12. The van der Waals surface area contributed by atoms with Crippen LogP contribution >= 0.6 is 0 Å². The maximum absolute atomic E-state index is 12.5. The number of aromatic nitrogens is 14. The van der Waals surface area contributed by atoms with Crippen molar-refractivity contribution in [3.63, 3.8) is 0 Å². The molecule has 2 amide bonds. The number of nitrogens with two attached hydrogens (primary N) is 2. The van der Waals surface area contributed by atoms with Crippen molar-refractivity contribution in [2.45, 2.75) is 106 Å². The lowest BCUT2D eigenvalue weighted by Crippen LogP contribution is -2.29. The van der Waals surface area contributed by atoms with Crippen LogP contribution < -0.4 is 55.0 Å². The van der Waals surface area contributed by atoms with E-state index in [9.17, 15) is 33.6 Å². The number of rotatable bonds is 12. The average molecular weight is 1150 g/mol. The minimum atomic E-state index is -0.374. The topological polar surface area (TPSA) is 351 Å². The Hall–Kier alpha value is -10.7. The molecule has 0 fully saturated rings. The summed E-state index contributed by atoms with van der Waals surface area (Å²) in [4.78, 5) is 114. The molecule has 0 atom stereocenters. The Morgan fingerprint density at radius 3 is 1.50 bits per heavy atom. The van der Waals surface area contributed by atoms with Crippen molar-refractivity contribution in [3.05, 3.63) is 209 Å². The zero-order valence-electron chi connectivity index (χ0n) is 48.2. The molecule has 10 rings (SSSR count). The van der Waals surface area contributed by atoms with Crippen molar-refractivity contribution in [1.82, 2.24) is 67.7 Å². The Morgan fingerprint density at radius 2 is 0.988 bits per heavy atom. The number of carbonyl (C=O) groups is 2. The molecule has 84 heavy (non-hydrogen) atoms. The second kappa shape index (κ2) is 29.2. The molecule has 26 heteroatoms. The highest BCUT2D eigenvalue weighted by molar-refractivity contribution is 6.04. The van der Waals surface area contributed by atoms with E-state index in [-0.39, 0.29) is 93.7 Å². The van der Waals surface area contributed by atoms with Crippen LogP contribution in [0.25, 0.3) is 22.3 Å². The highest BCUT2D eigenvalue weighted by Gasteiger charge is 2.18. The summed E-state index contributed by atoms with van der Waals surface area (Å²) in [6.45, 7) is 19.8. The second-order valence-electron chi connectivity index (χ2n) is 19.9. The van der Waals surface area contributed by atoms with Gasteiger partial charge in [-0.15, -0.1) is 0 Å². The molecule has 7 aromatic heterocycles. The Labute approximate surface area is 481 Å². The second-order valence-corrected chi connectivity index (χ2v) is 19.9. The van der Waals surface area contributed by atoms with Gasteiger partial charge in [0.05, 0.1) is 12.7 Å². The summed E-state index contributed by atoms with van der Waals surface area (Å²) < 4.78 is 14.2. The molecule has 0 aliphatic rings. The first-order chi connectivity index (χ1) is 40.0. The fraction of sp³-hybridized carbons (Fsp3) is 0.276. The summed E-state index contributed by atoms with van der Waals surface area (Å²) in [6.07, 6.45) is 8.07. The Bertz CT molecular complexity index is 4110. The van der Waals surface area contributed by atoms with Crippen LogP contribution in [0.15, 0.2) is 164 Å². The largest absolute Gasteiger partial charge is 0.471 e. The lowest BCUT2D eigenvalue weighted by molar-refractivity contribution is 0.101. The highest BCUT2D eigenvalue weighted by atomic mass is 16.5. The molecule has 26 nitrogen and oxygen atoms in total. The third-order valence-corrected chi connectivity index (χ3v) is 11.9. The first kappa shape index (κ1) is 62.5. The number of imidazole rings is 2. The van der Waals surface area contributed by atoms with Crippen LogP contribution in [-0.4, -0.2) is 79.5 Å². The van der Waals surface area contributed by atoms with Crippen LogP contribution in [-0.2, 0) is 6.61 Å². The fourth-order valence-electron chi connectivity index (χ4n) is 7.54. The van der Waals surface area contributed by atoms with Gasteiger partial charge >= 0.3 is 17.1 Å². The van der Waals surface area contributed by atoms with Crippen molar-refractivity contribution in [2.75, 3.05) is 22.1 Å². The number of benzene rings is 3. The Kier molecular flexibility index (Phi) is 21.7. The van der Waals surface area contributed by atoms with E-state index in [0.29, 0.717) is 45.9 Å². The molecule has 0 radical (unpaired) electrons. The van der Waals surface area contributed by atoms with Crippen molar-refractivity contribution in [1.29, 1.82) is 0 Å². The smallest absolute Gasteiger partial charge is 0.349 e. The van der Waals surface area contributed by atoms with Crippen molar-refractivity contribution in [3.8, 4) is 5.88 Å². The molecular formula is C58H68N18O8. The van der Waals surface area contributed by atoms with E-state index in [1.807, 2.05) is 116 Å². The number of amides is 2. The number of fused-ring (bicyclic) bond motifs is 2. The SMILES string of the molecule is CC(C)n1ccc(=O)[nH]c1=O.CC(C)n1ccc(N)nc1=O.CC(C)n1ccc(NC(=O)c2ccccc2)nc1=O.CC(C)n1cnc2c(=O)[nH]c(N)nc21.CC(C)n1cnc2c(OCc3ccccc3)nc(NC(=O)c3ccccc3)nc21. The summed E-state index contributed by atoms with van der Waals surface area (Å²) in [5.74, 6) is 0.593. The summed E-state index contributed by atoms with van der Waals surface area (Å²) >= 11 is 0. The molecule has 0 aliphatic heterocycles. The quantitative estimate of drug-likeness (QED) is 0.0709. The van der Waals surface area contributed by atoms with Crippen LogP contribution in [0.1, 0.15) is 126 Å². The van der Waals surface area contributed by atoms with Crippen LogP contribution in [0.2, 0.25) is 0 Å². The van der Waals surface area contributed by atoms with Crippen LogP contribution in [0.3, 0.4) is 0 Å². The van der Waals surface area contributed by atoms with Gasteiger partial charge in [-0.25, -0.2) is 24.4 Å². The average Bonchev–Trinajstić information content (AvgIpc) is 4.20. The number of nitrogen functional groups attached to an aromatic ring is 2. The van der Waals surface area contributed by atoms with E-state index in [4.69, 9.17) is 16.2 Å². The molecular weight excluding hydrogens is 1080 g/mol. The highest BCUT2D eigenvalue weighted by Crippen LogP contribution is 2.26. The normalized spacial score (nSPS) is 10.8. The number of hydrogen-bond donors (Lipinski definition) is 6. The van der Waals surface area contributed by atoms with E-state index in [1.165, 1.54) is 26.0 Å². The zero-order chi connectivity index (χ0) is 61.2. The summed E-state index contributed by atoms with van der Waals surface area (Å²) in [6, 6.07) is 32.7. The maximum atomic E-state index is 12.5. The molecule has 438 valence electrons. The fourth-order valence-corrected chi connectivity index (χ4v) is 7.54. The molecule has 0 bridgehead atoms. The first-order valence-electron chi connectivity index (χ1n) is 26.6. The van der Waals surface area contributed by atoms with Crippen LogP contribution in [0, 0.1) is 0 Å². The van der Waals surface area contributed by atoms with Crippen molar-refractivity contribution < 1.29 is 14.3 Å². The van der Waals surface area contributed by atoms with E-state index in [0.717, 1.165) is 5.56 Å². The summed E-state index contributed by atoms with van der Waals surface area (Å²) in [5, 5.41) is 5.36. The van der Waals surface area contributed by atoms with E-state index >= 15 is 0 Å². The van der Waals surface area contributed by atoms with Gasteiger partial charge in [0.15, 0.2) is 22.3 Å². The Morgan fingerprint density at radius 1 is 0.512 bits per heavy atom. The van der Waals surface area contributed by atoms with E-state index in [2.05, 4.69) is 55.5 Å². The standard InChI is InChI=1S/C22H21N5O2.C14H15N3O2.C8H11N5O.C7H11N3O.C7H10N2O2/c1-15(2)27-14-23-18-19(27)24-22(25-20(28)17-11-7-4-8-12-17)26-21(18)29-13-16-9-5-3-6-10-16;1-10(2)17-9-8-12(16-14(17)19)15-13(18)11-6-4-3-5-7-11;1-4(2)13-3-10-5-6(13)11-8(9)12-7(5)14;1-5(2)10-4-3-6(8)9-7(10)11;1-5(2)9-4-3-6(10)8-7(9)11/h3-12,14-15H,13H2,1-2H3,(H,24,25,26,28);3-10H,1-2H3,(H,15,16,18,19);3-4H,1-2H3,(H3,9,11,12,14);3-5H,1-2H3,(H2,8,9,11);3-5H,1-2H3,(H,8,10,11). The monoisotopic (exact) mass is 1140 g/mol. The van der Waals surface area contributed by atoms with Crippen LogP contribution in [0.5, 0.6) is 5.88 Å². The molecule has 0 aliphatic carbocycles. The van der Waals surface area contributed by atoms with Gasteiger partial charge in [0.2, 0.25) is 17.8 Å². The summed E-state index contributed by atoms with van der Waals surface area (Å²) in [7, 11) is 0. The number of anilines is 4. The van der Waals surface area contributed by atoms with Gasteiger partial charge in [0, 0.05) is 66.0 Å². The molecule has 0 saturated carbocycles. The summed E-state index contributed by atoms with van der Waals surface area (Å²) in [5.41, 5.74) is 13.2. The molecule has 8 N–H and O–H groups in total. The molecule has 0 unspecified atom stereocenters. The van der Waals surface area contributed by atoms with Crippen LogP contribution in [0.4, 0.5) is 23.5 Å². The molecule has 10 aromatic rings. The zero-order valence-corrected chi connectivity index (χ0v) is 48.2. The lowest BCUT2D eigenvalue weighted by Gasteiger charge is -2.11. The van der Waals surface area contributed by atoms with E-state index in [1.54, 1.807) is 90.3 Å². The molecule has 0 saturated heterocycles. The molecule has 3 aromatic carbocycles. The number of nitrogens with one attached hydrogen (secondary N) is 4. The minimum Gasteiger partial charge on any atom is -0.471 e. The number of H-pyrrole nitrogens is 2. The third kappa shape index (κ3) is 17.2. The predicted octanol–water partition coefficient (Wildman–Crippen LogP) is 7.12. The number of carbonyl (C=O) groups excluding carboxylic acids is 2. The Balaban J connectivity index is 0.000000179. The van der Waals surface area contributed by atoms with Crippen molar-refractivity contribution >= 4 is 57.7 Å². The van der Waals surface area contributed by atoms with Gasteiger partial charge in [-0.05, 0) is 111 Å².